The second-order valence-corrected chi connectivity index (χ2v) is 10.3. The lowest BCUT2D eigenvalue weighted by Crippen LogP contribution is -2.37. The van der Waals surface area contributed by atoms with Crippen molar-refractivity contribution in [1.29, 1.82) is 0 Å². The lowest BCUT2D eigenvalue weighted by atomic mass is 9.93. The van der Waals surface area contributed by atoms with E-state index >= 15 is 0 Å². The predicted octanol–water partition coefficient (Wildman–Crippen LogP) is 2.46. The third kappa shape index (κ3) is 131. The van der Waals surface area contributed by atoms with Crippen molar-refractivity contribution in [2.45, 2.75) is 34.6 Å². The van der Waals surface area contributed by atoms with Gasteiger partial charge in [0, 0.05) is 58.2 Å². The molecule has 0 amide bonds. The molecule has 24 heteroatoms. The predicted molar refractivity (Wildman–Crippen MR) is 232 cm³/mol. The van der Waals surface area contributed by atoms with Gasteiger partial charge in [-0.3, -0.25) is 0 Å². The summed E-state index contributed by atoms with van der Waals surface area (Å²) in [5.74, 6) is -9.58. The highest BCUT2D eigenvalue weighted by molar-refractivity contribution is 5.86. The normalized spacial score (nSPS) is 7.70. The van der Waals surface area contributed by atoms with Crippen molar-refractivity contribution in [3.8, 4) is 0 Å². The van der Waals surface area contributed by atoms with E-state index in [0.29, 0.717) is 0 Å². The maximum atomic E-state index is 9.60. The van der Waals surface area contributed by atoms with Gasteiger partial charge in [0.05, 0.1) is 31.8 Å². The number of aliphatic hydroxyl groups excluding tert-OH is 4. The number of rotatable bonds is 14. The maximum Gasteiger partial charge on any atom is 0.330 e. The number of carboxylic acids is 10. The maximum absolute atomic E-state index is 9.60. The minimum atomic E-state index is -1.11. The molecule has 0 fully saturated rings. The smallest absolute Gasteiger partial charge is 0.330 e. The molecule has 0 aromatic heterocycles. The Morgan fingerprint density at radius 1 is 0.312 bits per heavy atom. The van der Waals surface area contributed by atoms with E-state index in [1.807, 2.05) is 0 Å². The summed E-state index contributed by atoms with van der Waals surface area (Å²) in [6, 6.07) is 0. The van der Waals surface area contributed by atoms with Crippen molar-refractivity contribution in [3.63, 3.8) is 0 Å². The number of hydrogen-bond donors (Lipinski definition) is 14. The first kappa shape index (κ1) is 83.6. The van der Waals surface area contributed by atoms with Gasteiger partial charge in [0.2, 0.25) is 0 Å². The average Bonchev–Trinajstić information content (AvgIpc) is 3.20. The van der Waals surface area contributed by atoms with Gasteiger partial charge < -0.3 is 71.5 Å². The highest BCUT2D eigenvalue weighted by atomic mass is 16.4. The Labute approximate surface area is 369 Å². The van der Waals surface area contributed by atoms with E-state index in [1.54, 1.807) is 0 Å². The molecule has 0 aromatic rings. The fraction of sp³-hybridized carbons (Fsp3) is 0.250. The Kier molecular flexibility index (Phi) is 77.4. The molecule has 0 bridgehead atoms. The summed E-state index contributed by atoms with van der Waals surface area (Å²) >= 11 is 0. The molecule has 0 saturated heterocycles. The number of aliphatic hydroxyl groups is 4. The van der Waals surface area contributed by atoms with Crippen LogP contribution >= 0.6 is 0 Å². The van der Waals surface area contributed by atoms with Crippen molar-refractivity contribution in [1.82, 2.24) is 0 Å². The Balaban J connectivity index is -0.0000000539. The Hall–Kier alpha value is -8.06. The van der Waals surface area contributed by atoms with E-state index in [-0.39, 0.29) is 27.9 Å². The monoisotopic (exact) mass is 926 g/mol. The molecule has 24 nitrogen and oxygen atoms in total. The molecule has 0 aliphatic rings. The molecular weight excluding hydrogens is 864 g/mol. The molecule has 366 valence electrons. The molecule has 64 heavy (non-hydrogen) atoms. The molecule has 0 atom stereocenters. The van der Waals surface area contributed by atoms with Crippen molar-refractivity contribution in [2.24, 2.45) is 5.41 Å². The van der Waals surface area contributed by atoms with Crippen LogP contribution in [0.5, 0.6) is 0 Å². The summed E-state index contributed by atoms with van der Waals surface area (Å²) in [6.45, 7) is 36.2. The first-order valence-electron chi connectivity index (χ1n) is 16.0. The molecule has 0 aromatic carbocycles. The minimum Gasteiger partial charge on any atom is -0.478 e. The fourth-order valence-electron chi connectivity index (χ4n) is 0.300. The van der Waals surface area contributed by atoms with Gasteiger partial charge >= 0.3 is 59.7 Å². The summed E-state index contributed by atoms with van der Waals surface area (Å²) < 4.78 is 0. The fourth-order valence-corrected chi connectivity index (χ4v) is 0.300. The zero-order valence-electron chi connectivity index (χ0n) is 36.1. The third-order valence-corrected chi connectivity index (χ3v) is 4.04. The summed E-state index contributed by atoms with van der Waals surface area (Å²) in [5, 5.41) is 111. The molecule has 0 heterocycles. The van der Waals surface area contributed by atoms with Crippen LogP contribution in [-0.4, -0.2) is 158 Å². The standard InChI is InChI=1S/C5H12O4.5C4H6O2.5C3H4O2/c6-1-5(2-7,3-8)4-9;5*1-3(2)4(5)6;5*1-2-3(4)5/h6-9H,1-4H2;5*1H2,2H3,(H,5,6);5*2H,1H2,(H,4,5). The van der Waals surface area contributed by atoms with E-state index in [9.17, 15) is 47.9 Å². The summed E-state index contributed by atoms with van der Waals surface area (Å²) in [7, 11) is 0. The zero-order valence-corrected chi connectivity index (χ0v) is 36.1. The van der Waals surface area contributed by atoms with Gasteiger partial charge in [0.25, 0.3) is 0 Å². The van der Waals surface area contributed by atoms with Gasteiger partial charge in [-0.15, -0.1) is 0 Å². The zero-order chi connectivity index (χ0) is 54.5. The molecule has 0 unspecified atom stereocenters. The average molecular weight is 927 g/mol. The minimum absolute atomic E-state index is 0.176. The molecule has 0 aliphatic carbocycles. The largest absolute Gasteiger partial charge is 0.478 e. The number of aliphatic carboxylic acids is 10. The van der Waals surface area contributed by atoms with Crippen LogP contribution in [0.25, 0.3) is 0 Å². The number of carbonyl (C=O) groups is 10. The van der Waals surface area contributed by atoms with Crippen LogP contribution in [-0.2, 0) is 47.9 Å². The van der Waals surface area contributed by atoms with Gasteiger partial charge in [0.1, 0.15) is 0 Å². The van der Waals surface area contributed by atoms with E-state index in [2.05, 4.69) is 65.8 Å². The van der Waals surface area contributed by atoms with Gasteiger partial charge in [0.15, 0.2) is 0 Å². The van der Waals surface area contributed by atoms with E-state index in [1.165, 1.54) is 34.6 Å². The van der Waals surface area contributed by atoms with Crippen molar-refractivity contribution >= 4 is 59.7 Å². The SMILES string of the molecule is C=C(C)C(=O)O.C=C(C)C(=O)O.C=C(C)C(=O)O.C=C(C)C(=O)O.C=C(C)C(=O)O.C=CC(=O)O.C=CC(=O)O.C=CC(=O)O.C=CC(=O)O.C=CC(=O)O.OCC(CO)(CO)CO. The summed E-state index contributed by atoms with van der Waals surface area (Å²) in [5.41, 5.74) is -0.231. The first-order chi connectivity index (χ1) is 28.8. The highest BCUT2D eigenvalue weighted by Crippen LogP contribution is 2.11. The molecule has 0 aliphatic heterocycles. The van der Waals surface area contributed by atoms with Crippen LogP contribution in [0.15, 0.2) is 124 Å². The van der Waals surface area contributed by atoms with Crippen LogP contribution in [0, 0.1) is 5.41 Å². The van der Waals surface area contributed by atoms with Crippen molar-refractivity contribution in [3.05, 3.63) is 124 Å². The van der Waals surface area contributed by atoms with Gasteiger partial charge in [-0.25, -0.2) is 47.9 Å². The molecule has 0 radical (unpaired) electrons. The summed E-state index contributed by atoms with van der Waals surface area (Å²) in [4.78, 5) is 94.2. The van der Waals surface area contributed by atoms with Crippen LogP contribution in [0.3, 0.4) is 0 Å². The number of carboxylic acid groups (broad SMARTS) is 10. The van der Waals surface area contributed by atoms with E-state index < -0.39 is 91.5 Å². The lowest BCUT2D eigenvalue weighted by Gasteiger charge is -2.23. The molecule has 0 saturated carbocycles. The van der Waals surface area contributed by atoms with E-state index in [4.69, 9.17) is 71.5 Å². The van der Waals surface area contributed by atoms with Gasteiger partial charge in [-0.05, 0) is 34.6 Å². The van der Waals surface area contributed by atoms with Crippen LogP contribution < -0.4 is 0 Å². The molecule has 14 N–H and O–H groups in total. The lowest BCUT2D eigenvalue weighted by molar-refractivity contribution is -0.133. The third-order valence-electron chi connectivity index (χ3n) is 4.04. The first-order valence-corrected chi connectivity index (χ1v) is 16.0. The van der Waals surface area contributed by atoms with Crippen LogP contribution in [0.1, 0.15) is 34.6 Å². The second-order valence-electron chi connectivity index (χ2n) is 10.3. The van der Waals surface area contributed by atoms with E-state index in [0.717, 1.165) is 30.4 Å². The topological polar surface area (TPSA) is 454 Å². The van der Waals surface area contributed by atoms with Gasteiger partial charge in [-0.2, -0.15) is 0 Å². The summed E-state index contributed by atoms with van der Waals surface area (Å²) in [6.07, 6.45) is 4.17. The quantitative estimate of drug-likeness (QED) is 0.111. The Morgan fingerprint density at radius 3 is 0.375 bits per heavy atom. The molecule has 0 rings (SSSR count). The Morgan fingerprint density at radius 2 is 0.375 bits per heavy atom. The van der Waals surface area contributed by atoms with Crippen LogP contribution in [0.2, 0.25) is 0 Å². The van der Waals surface area contributed by atoms with Crippen molar-refractivity contribution < 1.29 is 119 Å². The molecular formula is C40H62O24. The van der Waals surface area contributed by atoms with Gasteiger partial charge in [-0.1, -0.05) is 65.8 Å². The van der Waals surface area contributed by atoms with Crippen molar-refractivity contribution in [2.75, 3.05) is 26.4 Å². The Bertz CT molecular complexity index is 1240. The highest BCUT2D eigenvalue weighted by Gasteiger charge is 2.26. The van der Waals surface area contributed by atoms with Crippen LogP contribution in [0.4, 0.5) is 0 Å². The second kappa shape index (κ2) is 59.3. The molecule has 0 spiro atoms. The number of hydrogen-bond acceptors (Lipinski definition) is 14.